The van der Waals surface area contributed by atoms with E-state index in [1.165, 1.54) is 17.8 Å². The van der Waals surface area contributed by atoms with Crippen molar-refractivity contribution in [3.8, 4) is 5.75 Å². The summed E-state index contributed by atoms with van der Waals surface area (Å²) in [5, 5.41) is 5.75. The first kappa shape index (κ1) is 22.9. The van der Waals surface area contributed by atoms with E-state index < -0.39 is 5.82 Å². The Labute approximate surface area is 209 Å². The number of carbonyl (C=O) groups is 2. The molecule has 0 aliphatic carbocycles. The highest BCUT2D eigenvalue weighted by molar-refractivity contribution is 8.00. The first-order valence-electron chi connectivity index (χ1n) is 11.8. The lowest BCUT2D eigenvalue weighted by atomic mass is 10.0. The predicted octanol–water partition coefficient (Wildman–Crippen LogP) is 1.80. The Morgan fingerprint density at radius 3 is 2.89 bits per heavy atom. The Kier molecular flexibility index (Phi) is 5.84. The van der Waals surface area contributed by atoms with Crippen molar-refractivity contribution in [1.82, 2.24) is 24.8 Å². The minimum absolute atomic E-state index is 0.0108. The Hall–Kier alpha value is -3.51. The Bertz CT molecular complexity index is 1440. The first-order valence-corrected chi connectivity index (χ1v) is 12.7. The zero-order chi connectivity index (χ0) is 24.8. The largest absolute Gasteiger partial charge is 0.486 e. The van der Waals surface area contributed by atoms with Crippen LogP contribution < -0.4 is 20.9 Å². The standard InChI is InChI=1S/C24H23FN6O4S/c25-15-9-26-16-2-4-20(33)31-14(11-35-22(15)21(16)31)10-30-7-5-13(6-8-30)27-24(34)17-1-3-18-23(28-17)29-19(32)12-36-18/h1-4,9,13-14H,5-8,10-12H2,(H,27,34)(H,28,29,32)/t14-/m1/s1. The molecule has 0 spiro atoms. The molecule has 1 fully saturated rings. The third kappa shape index (κ3) is 4.20. The molecule has 186 valence electrons. The van der Waals surface area contributed by atoms with E-state index in [0.717, 1.165) is 37.0 Å². The van der Waals surface area contributed by atoms with E-state index in [2.05, 4.69) is 25.5 Å². The molecule has 0 unspecified atom stereocenters. The van der Waals surface area contributed by atoms with Crippen LogP contribution in [0, 0.1) is 5.82 Å². The first-order chi connectivity index (χ1) is 17.5. The molecule has 1 saturated heterocycles. The van der Waals surface area contributed by atoms with Crippen LogP contribution in [0.4, 0.5) is 10.2 Å². The van der Waals surface area contributed by atoms with E-state index >= 15 is 0 Å². The minimum atomic E-state index is -0.577. The van der Waals surface area contributed by atoms with Crippen LogP contribution in [0.25, 0.3) is 11.0 Å². The summed E-state index contributed by atoms with van der Waals surface area (Å²) in [6.45, 7) is 2.22. The van der Waals surface area contributed by atoms with Gasteiger partial charge in [-0.25, -0.2) is 9.37 Å². The van der Waals surface area contributed by atoms with Crippen LogP contribution in [0.2, 0.25) is 0 Å². The molecule has 3 aliphatic rings. The number of rotatable bonds is 4. The van der Waals surface area contributed by atoms with Gasteiger partial charge in [0.05, 0.1) is 28.4 Å². The van der Waals surface area contributed by atoms with E-state index in [1.807, 2.05) is 0 Å². The number of piperidine rings is 1. The molecule has 6 heterocycles. The number of carbonyl (C=O) groups excluding carboxylic acids is 2. The third-order valence-corrected chi connectivity index (χ3v) is 7.79. The summed E-state index contributed by atoms with van der Waals surface area (Å²) in [7, 11) is 0. The van der Waals surface area contributed by atoms with Crippen LogP contribution in [0.15, 0.2) is 40.2 Å². The molecule has 3 aromatic heterocycles. The normalized spacial score (nSPS) is 19.9. The number of ether oxygens (including phenoxy) is 1. The van der Waals surface area contributed by atoms with Gasteiger partial charge in [0.25, 0.3) is 11.5 Å². The maximum Gasteiger partial charge on any atom is 0.270 e. The summed E-state index contributed by atoms with van der Waals surface area (Å²) in [5.41, 5.74) is 0.975. The number of thioether (sulfide) groups is 1. The van der Waals surface area contributed by atoms with Crippen molar-refractivity contribution in [2.45, 2.75) is 29.8 Å². The maximum absolute atomic E-state index is 14.2. The summed E-state index contributed by atoms with van der Waals surface area (Å²) in [4.78, 5) is 48.6. The molecule has 36 heavy (non-hydrogen) atoms. The molecule has 2 amide bonds. The Morgan fingerprint density at radius 2 is 2.06 bits per heavy atom. The number of fused-ring (bicyclic) bond motifs is 1. The number of hydrogen-bond acceptors (Lipinski definition) is 8. The monoisotopic (exact) mass is 510 g/mol. The molecule has 2 N–H and O–H groups in total. The van der Waals surface area contributed by atoms with Crippen molar-refractivity contribution in [3.05, 3.63) is 52.3 Å². The van der Waals surface area contributed by atoms with E-state index in [1.54, 1.807) is 22.8 Å². The minimum Gasteiger partial charge on any atom is -0.486 e. The second kappa shape index (κ2) is 9.17. The molecule has 3 aliphatic heterocycles. The fraction of sp³-hybridized carbons (Fsp3) is 0.375. The van der Waals surface area contributed by atoms with Crippen molar-refractivity contribution in [2.24, 2.45) is 0 Å². The molecular weight excluding hydrogens is 487 g/mol. The molecule has 6 rings (SSSR count). The van der Waals surface area contributed by atoms with Gasteiger partial charge in [0.1, 0.15) is 23.6 Å². The van der Waals surface area contributed by atoms with E-state index in [0.29, 0.717) is 29.1 Å². The third-order valence-electron chi connectivity index (χ3n) is 6.74. The van der Waals surface area contributed by atoms with Gasteiger partial charge >= 0.3 is 0 Å². The highest BCUT2D eigenvalue weighted by atomic mass is 32.2. The second-order valence-electron chi connectivity index (χ2n) is 9.10. The molecule has 3 aromatic rings. The molecule has 1 atom stereocenters. The number of anilines is 1. The van der Waals surface area contributed by atoms with Crippen molar-refractivity contribution >= 4 is 40.4 Å². The zero-order valence-corrected chi connectivity index (χ0v) is 20.0. The molecule has 10 nitrogen and oxygen atoms in total. The van der Waals surface area contributed by atoms with Crippen LogP contribution >= 0.6 is 11.8 Å². The number of aromatic nitrogens is 3. The van der Waals surface area contributed by atoms with E-state index in [-0.39, 0.29) is 47.5 Å². The highest BCUT2D eigenvalue weighted by Gasteiger charge is 2.30. The van der Waals surface area contributed by atoms with Crippen LogP contribution in [0.1, 0.15) is 29.4 Å². The average molecular weight is 511 g/mol. The predicted molar refractivity (Wildman–Crippen MR) is 131 cm³/mol. The van der Waals surface area contributed by atoms with Crippen molar-refractivity contribution in [3.63, 3.8) is 0 Å². The lowest BCUT2D eigenvalue weighted by molar-refractivity contribution is -0.113. The van der Waals surface area contributed by atoms with Gasteiger partial charge in [-0.2, -0.15) is 0 Å². The number of pyridine rings is 3. The Morgan fingerprint density at radius 1 is 1.22 bits per heavy atom. The fourth-order valence-corrected chi connectivity index (χ4v) is 5.72. The molecule has 0 aromatic carbocycles. The molecule has 0 bridgehead atoms. The lowest BCUT2D eigenvalue weighted by Gasteiger charge is -2.36. The highest BCUT2D eigenvalue weighted by Crippen LogP contribution is 2.33. The van der Waals surface area contributed by atoms with E-state index in [9.17, 15) is 18.8 Å². The molecule has 0 saturated carbocycles. The number of hydrogen-bond donors (Lipinski definition) is 2. The van der Waals surface area contributed by atoms with Gasteiger partial charge in [0.15, 0.2) is 11.6 Å². The maximum atomic E-state index is 14.2. The van der Waals surface area contributed by atoms with Gasteiger partial charge in [-0.15, -0.1) is 11.8 Å². The fourth-order valence-electron chi connectivity index (χ4n) is 4.97. The van der Waals surface area contributed by atoms with Crippen molar-refractivity contribution < 1.29 is 18.7 Å². The summed E-state index contributed by atoms with van der Waals surface area (Å²) < 4.78 is 21.6. The number of nitrogens with zero attached hydrogens (tertiary/aromatic N) is 4. The summed E-state index contributed by atoms with van der Waals surface area (Å²) >= 11 is 1.40. The van der Waals surface area contributed by atoms with Gasteiger partial charge in [-0.1, -0.05) is 0 Å². The number of nitrogens with one attached hydrogen (secondary N) is 2. The number of amides is 2. The summed E-state index contributed by atoms with van der Waals surface area (Å²) in [6.07, 6.45) is 2.59. The topological polar surface area (TPSA) is 118 Å². The smallest absolute Gasteiger partial charge is 0.270 e. The molecule has 12 heteroatoms. The second-order valence-corrected chi connectivity index (χ2v) is 10.1. The molecular formula is C24H23FN6O4S. The SMILES string of the molecule is O=C1CSc2ccc(C(=O)NC3CCN(C[C@@H]4COc5c(F)cnc6ccc(=O)n4c56)CC3)nc2N1. The quantitative estimate of drug-likeness (QED) is 0.546. The van der Waals surface area contributed by atoms with Gasteiger partial charge in [0.2, 0.25) is 5.91 Å². The summed E-state index contributed by atoms with van der Waals surface area (Å²) in [6, 6.07) is 6.24. The number of likely N-dealkylation sites (tertiary alicyclic amines) is 1. The van der Waals surface area contributed by atoms with Crippen LogP contribution in [0.5, 0.6) is 5.75 Å². The Balaban J connectivity index is 1.09. The van der Waals surface area contributed by atoms with Crippen LogP contribution in [0.3, 0.4) is 0 Å². The van der Waals surface area contributed by atoms with E-state index in [4.69, 9.17) is 4.74 Å². The van der Waals surface area contributed by atoms with Gasteiger partial charge < -0.3 is 20.3 Å². The van der Waals surface area contributed by atoms with Crippen molar-refractivity contribution in [2.75, 3.05) is 37.3 Å². The van der Waals surface area contributed by atoms with Gasteiger partial charge in [-0.05, 0) is 31.0 Å². The van der Waals surface area contributed by atoms with Crippen molar-refractivity contribution in [1.29, 1.82) is 0 Å². The van der Waals surface area contributed by atoms with Crippen LogP contribution in [-0.4, -0.2) is 69.3 Å². The van der Waals surface area contributed by atoms with Gasteiger partial charge in [0, 0.05) is 31.7 Å². The van der Waals surface area contributed by atoms with Crippen LogP contribution in [-0.2, 0) is 4.79 Å². The summed E-state index contributed by atoms with van der Waals surface area (Å²) in [5.74, 6) is -0.135. The number of halogens is 1. The van der Waals surface area contributed by atoms with Gasteiger partial charge in [-0.3, -0.25) is 23.9 Å². The zero-order valence-electron chi connectivity index (χ0n) is 19.2. The molecule has 0 radical (unpaired) electrons. The average Bonchev–Trinajstić information content (AvgIpc) is 2.88. The lowest BCUT2D eigenvalue weighted by Crippen LogP contribution is -2.47.